The molecule has 102 valence electrons. The fourth-order valence-corrected chi connectivity index (χ4v) is 3.03. The number of benzene rings is 1. The number of nitriles is 1. The first-order chi connectivity index (χ1) is 9.38. The molecular formula is C15H20N2OS. The number of hydrogen-bond donors (Lipinski definition) is 0. The molecule has 1 fully saturated rings. The molecule has 2 rings (SSSR count). The zero-order valence-corrected chi connectivity index (χ0v) is 12.0. The van der Waals surface area contributed by atoms with Crippen LogP contribution in [0.4, 0.5) is 0 Å². The van der Waals surface area contributed by atoms with Gasteiger partial charge in [-0.15, -0.1) is 0 Å². The van der Waals surface area contributed by atoms with Crippen molar-refractivity contribution in [2.75, 3.05) is 37.7 Å². The fraction of sp³-hybridized carbons (Fsp3) is 0.533. The second kappa shape index (κ2) is 8.08. The van der Waals surface area contributed by atoms with Gasteiger partial charge in [-0.05, 0) is 36.4 Å². The van der Waals surface area contributed by atoms with Crippen LogP contribution in [-0.4, -0.2) is 42.6 Å². The lowest BCUT2D eigenvalue weighted by Gasteiger charge is -2.19. The van der Waals surface area contributed by atoms with Gasteiger partial charge in [-0.2, -0.15) is 17.0 Å². The maximum Gasteiger partial charge on any atom is 0.119 e. The summed E-state index contributed by atoms with van der Waals surface area (Å²) in [6.45, 7) is 4.11. The molecule has 0 aromatic heterocycles. The summed E-state index contributed by atoms with van der Waals surface area (Å²) in [5, 5.41) is 8.61. The van der Waals surface area contributed by atoms with Crippen LogP contribution in [0.2, 0.25) is 0 Å². The third-order valence-corrected chi connectivity index (χ3v) is 4.25. The van der Waals surface area contributed by atoms with Crippen molar-refractivity contribution >= 4 is 11.8 Å². The Morgan fingerprint density at radius 1 is 1.21 bits per heavy atom. The highest BCUT2D eigenvalue weighted by Crippen LogP contribution is 2.13. The molecule has 1 aromatic carbocycles. The Kier molecular flexibility index (Phi) is 6.06. The number of rotatable bonds is 5. The van der Waals surface area contributed by atoms with E-state index in [-0.39, 0.29) is 0 Å². The molecule has 0 atom stereocenters. The molecule has 0 unspecified atom stereocenters. The first kappa shape index (κ1) is 14.2. The van der Waals surface area contributed by atoms with E-state index in [0.29, 0.717) is 6.42 Å². The monoisotopic (exact) mass is 276 g/mol. The number of hydrogen-bond acceptors (Lipinski definition) is 4. The molecule has 0 spiro atoms. The smallest absolute Gasteiger partial charge is 0.119 e. The van der Waals surface area contributed by atoms with Crippen LogP contribution in [0.25, 0.3) is 0 Å². The van der Waals surface area contributed by atoms with Gasteiger partial charge in [0.25, 0.3) is 0 Å². The second-order valence-corrected chi connectivity index (χ2v) is 5.86. The average Bonchev–Trinajstić information content (AvgIpc) is 2.70. The highest BCUT2D eigenvalue weighted by molar-refractivity contribution is 7.99. The van der Waals surface area contributed by atoms with Gasteiger partial charge in [-0.25, -0.2) is 0 Å². The molecule has 0 bridgehead atoms. The minimum atomic E-state index is 0.464. The lowest BCUT2D eigenvalue weighted by atomic mass is 10.2. The lowest BCUT2D eigenvalue weighted by molar-refractivity contribution is 0.219. The van der Waals surface area contributed by atoms with E-state index in [4.69, 9.17) is 10.00 Å². The van der Waals surface area contributed by atoms with Gasteiger partial charge < -0.3 is 4.74 Å². The topological polar surface area (TPSA) is 36.3 Å². The van der Waals surface area contributed by atoms with E-state index in [2.05, 4.69) is 11.0 Å². The first-order valence-electron chi connectivity index (χ1n) is 6.77. The highest BCUT2D eigenvalue weighted by atomic mass is 32.2. The third kappa shape index (κ3) is 5.14. The van der Waals surface area contributed by atoms with Gasteiger partial charge in [0.1, 0.15) is 12.4 Å². The van der Waals surface area contributed by atoms with E-state index >= 15 is 0 Å². The van der Waals surface area contributed by atoms with Crippen molar-refractivity contribution in [3.05, 3.63) is 29.8 Å². The van der Waals surface area contributed by atoms with Crippen molar-refractivity contribution in [2.24, 2.45) is 0 Å². The molecule has 19 heavy (non-hydrogen) atoms. The van der Waals surface area contributed by atoms with Crippen LogP contribution in [0.15, 0.2) is 24.3 Å². The predicted octanol–water partition coefficient (Wildman–Crippen LogP) is 2.57. The van der Waals surface area contributed by atoms with Gasteiger partial charge >= 0.3 is 0 Å². The Morgan fingerprint density at radius 3 is 2.84 bits per heavy atom. The Labute approximate surface area is 119 Å². The SMILES string of the molecule is N#CCc1ccc(OCCN2CCCSCC2)cc1. The van der Waals surface area contributed by atoms with Crippen LogP contribution in [0.1, 0.15) is 12.0 Å². The lowest BCUT2D eigenvalue weighted by Crippen LogP contribution is -2.30. The van der Waals surface area contributed by atoms with Crippen molar-refractivity contribution < 1.29 is 4.74 Å². The fourth-order valence-electron chi connectivity index (χ4n) is 2.11. The summed E-state index contributed by atoms with van der Waals surface area (Å²) < 4.78 is 5.75. The third-order valence-electron chi connectivity index (χ3n) is 3.20. The zero-order valence-electron chi connectivity index (χ0n) is 11.2. The summed E-state index contributed by atoms with van der Waals surface area (Å²) in [6, 6.07) is 9.96. The van der Waals surface area contributed by atoms with E-state index in [9.17, 15) is 0 Å². The Morgan fingerprint density at radius 2 is 2.05 bits per heavy atom. The molecule has 1 saturated heterocycles. The highest BCUT2D eigenvalue weighted by Gasteiger charge is 2.08. The van der Waals surface area contributed by atoms with Crippen molar-refractivity contribution in [1.29, 1.82) is 5.26 Å². The largest absolute Gasteiger partial charge is 0.492 e. The maximum absolute atomic E-state index is 8.61. The van der Waals surface area contributed by atoms with Crippen molar-refractivity contribution in [3.8, 4) is 11.8 Å². The summed E-state index contributed by atoms with van der Waals surface area (Å²) >= 11 is 2.05. The summed E-state index contributed by atoms with van der Waals surface area (Å²) in [4.78, 5) is 2.48. The first-order valence-corrected chi connectivity index (χ1v) is 7.93. The molecular weight excluding hydrogens is 256 g/mol. The van der Waals surface area contributed by atoms with E-state index < -0.39 is 0 Å². The minimum Gasteiger partial charge on any atom is -0.492 e. The van der Waals surface area contributed by atoms with Crippen LogP contribution < -0.4 is 4.74 Å². The van der Waals surface area contributed by atoms with Gasteiger partial charge in [-0.3, -0.25) is 4.90 Å². The molecule has 3 nitrogen and oxygen atoms in total. The average molecular weight is 276 g/mol. The molecule has 0 radical (unpaired) electrons. The van der Waals surface area contributed by atoms with Crippen molar-refractivity contribution in [1.82, 2.24) is 4.90 Å². The van der Waals surface area contributed by atoms with E-state index in [0.717, 1.165) is 24.5 Å². The number of ether oxygens (including phenoxy) is 1. The summed E-state index contributed by atoms with van der Waals surface area (Å²) in [5.41, 5.74) is 1.04. The molecule has 1 aliphatic heterocycles. The quantitative estimate of drug-likeness (QED) is 0.828. The van der Waals surface area contributed by atoms with E-state index in [1.54, 1.807) is 0 Å². The summed E-state index contributed by atoms with van der Waals surface area (Å²) in [7, 11) is 0. The summed E-state index contributed by atoms with van der Waals surface area (Å²) in [5.74, 6) is 3.42. The predicted molar refractivity (Wildman–Crippen MR) is 79.6 cm³/mol. The number of nitrogens with zero attached hydrogens (tertiary/aromatic N) is 2. The molecule has 4 heteroatoms. The van der Waals surface area contributed by atoms with Crippen LogP contribution in [0, 0.1) is 11.3 Å². The van der Waals surface area contributed by atoms with Gasteiger partial charge in [0, 0.05) is 18.8 Å². The Hall–Kier alpha value is -1.18. The molecule has 0 saturated carbocycles. The zero-order chi connectivity index (χ0) is 13.3. The van der Waals surface area contributed by atoms with Crippen LogP contribution >= 0.6 is 11.8 Å². The standard InChI is InChI=1S/C15H20N2OS/c16-7-6-14-2-4-15(5-3-14)18-11-9-17-8-1-12-19-13-10-17/h2-5H,1,6,8-13H2. The molecule has 0 amide bonds. The Balaban J connectivity index is 1.71. The molecule has 0 N–H and O–H groups in total. The number of thioether (sulfide) groups is 1. The van der Waals surface area contributed by atoms with E-state index in [1.807, 2.05) is 36.0 Å². The van der Waals surface area contributed by atoms with Gasteiger partial charge in [0.15, 0.2) is 0 Å². The molecule has 1 aliphatic rings. The second-order valence-electron chi connectivity index (χ2n) is 4.63. The van der Waals surface area contributed by atoms with Crippen molar-refractivity contribution in [3.63, 3.8) is 0 Å². The minimum absolute atomic E-state index is 0.464. The van der Waals surface area contributed by atoms with Crippen LogP contribution in [-0.2, 0) is 6.42 Å². The maximum atomic E-state index is 8.61. The normalized spacial score (nSPS) is 16.6. The van der Waals surface area contributed by atoms with Crippen LogP contribution in [0.5, 0.6) is 5.75 Å². The van der Waals surface area contributed by atoms with Crippen molar-refractivity contribution in [2.45, 2.75) is 12.8 Å². The van der Waals surface area contributed by atoms with E-state index in [1.165, 1.54) is 31.0 Å². The molecule has 1 aromatic rings. The molecule has 0 aliphatic carbocycles. The summed E-state index contributed by atoms with van der Waals surface area (Å²) in [6.07, 6.45) is 1.75. The molecule has 1 heterocycles. The Bertz CT molecular complexity index is 405. The van der Waals surface area contributed by atoms with Gasteiger partial charge in [0.2, 0.25) is 0 Å². The van der Waals surface area contributed by atoms with Gasteiger partial charge in [0.05, 0.1) is 12.5 Å². The van der Waals surface area contributed by atoms with Gasteiger partial charge in [-0.1, -0.05) is 12.1 Å². The van der Waals surface area contributed by atoms with Crippen LogP contribution in [0.3, 0.4) is 0 Å².